The molecule has 0 saturated carbocycles. The maximum absolute atomic E-state index is 11.7. The first kappa shape index (κ1) is 12.6. The lowest BCUT2D eigenvalue weighted by Crippen LogP contribution is -2.25. The van der Waals surface area contributed by atoms with Crippen LogP contribution < -0.4 is 5.56 Å². The molecular formula is C15H14N2O3. The highest BCUT2D eigenvalue weighted by Gasteiger charge is 2.15. The summed E-state index contributed by atoms with van der Waals surface area (Å²) < 4.78 is 6.82. The van der Waals surface area contributed by atoms with Gasteiger partial charge in [-0.3, -0.25) is 4.79 Å². The van der Waals surface area contributed by atoms with Crippen LogP contribution in [0.25, 0.3) is 11.0 Å². The highest BCUT2D eigenvalue weighted by Crippen LogP contribution is 2.24. The quantitative estimate of drug-likeness (QED) is 0.790. The Balaban J connectivity index is 1.90. The summed E-state index contributed by atoms with van der Waals surface area (Å²) in [5.74, 6) is 0.432. The lowest BCUT2D eigenvalue weighted by atomic mass is 10.2. The Labute approximate surface area is 115 Å². The fourth-order valence-electron chi connectivity index (χ4n) is 2.10. The molecule has 5 heteroatoms. The summed E-state index contributed by atoms with van der Waals surface area (Å²) in [5.41, 5.74) is 1.19. The van der Waals surface area contributed by atoms with Crippen LogP contribution in [0, 0.1) is 6.92 Å². The monoisotopic (exact) mass is 270 g/mol. The second-order valence-corrected chi connectivity index (χ2v) is 4.70. The molecule has 1 unspecified atom stereocenters. The number of rotatable bonds is 3. The van der Waals surface area contributed by atoms with Crippen LogP contribution in [0.3, 0.4) is 0 Å². The van der Waals surface area contributed by atoms with Gasteiger partial charge in [-0.2, -0.15) is 5.10 Å². The van der Waals surface area contributed by atoms with Crippen LogP contribution in [-0.4, -0.2) is 14.9 Å². The third-order valence-electron chi connectivity index (χ3n) is 3.12. The van der Waals surface area contributed by atoms with Gasteiger partial charge in [0.25, 0.3) is 5.56 Å². The first-order chi connectivity index (χ1) is 9.63. The summed E-state index contributed by atoms with van der Waals surface area (Å²) in [6, 6.07) is 12.4. The molecule has 1 N–H and O–H groups in total. The minimum atomic E-state index is -0.908. The van der Waals surface area contributed by atoms with Gasteiger partial charge >= 0.3 is 0 Å². The van der Waals surface area contributed by atoms with Gasteiger partial charge in [0.15, 0.2) is 0 Å². The third-order valence-corrected chi connectivity index (χ3v) is 3.12. The number of benzene rings is 1. The molecule has 20 heavy (non-hydrogen) atoms. The Morgan fingerprint density at radius 3 is 2.90 bits per heavy atom. The van der Waals surface area contributed by atoms with Gasteiger partial charge in [-0.25, -0.2) is 4.68 Å². The maximum Gasteiger partial charge on any atom is 0.266 e. The lowest BCUT2D eigenvalue weighted by Gasteiger charge is -2.09. The van der Waals surface area contributed by atoms with Gasteiger partial charge in [-0.1, -0.05) is 18.2 Å². The van der Waals surface area contributed by atoms with Crippen molar-refractivity contribution in [1.29, 1.82) is 0 Å². The van der Waals surface area contributed by atoms with Crippen LogP contribution in [0.1, 0.15) is 17.6 Å². The molecule has 0 bridgehead atoms. The molecule has 0 spiro atoms. The van der Waals surface area contributed by atoms with Crippen molar-refractivity contribution >= 4 is 11.0 Å². The van der Waals surface area contributed by atoms with E-state index in [0.717, 1.165) is 11.1 Å². The number of hydrogen-bond acceptors (Lipinski definition) is 4. The van der Waals surface area contributed by atoms with Crippen molar-refractivity contribution in [3.63, 3.8) is 0 Å². The molecule has 0 fully saturated rings. The predicted molar refractivity (Wildman–Crippen MR) is 74.4 cm³/mol. The van der Waals surface area contributed by atoms with Crippen molar-refractivity contribution in [1.82, 2.24) is 9.78 Å². The number of aryl methyl sites for hydroxylation is 1. The van der Waals surface area contributed by atoms with Crippen molar-refractivity contribution in [3.05, 3.63) is 64.3 Å². The summed E-state index contributed by atoms with van der Waals surface area (Å²) in [6.07, 6.45) is -0.908. The van der Waals surface area contributed by atoms with Crippen molar-refractivity contribution in [2.45, 2.75) is 19.6 Å². The number of fused-ring (bicyclic) bond motifs is 1. The zero-order valence-electron chi connectivity index (χ0n) is 11.0. The summed E-state index contributed by atoms with van der Waals surface area (Å²) in [7, 11) is 0. The first-order valence-corrected chi connectivity index (χ1v) is 6.35. The second kappa shape index (κ2) is 4.94. The van der Waals surface area contributed by atoms with Crippen molar-refractivity contribution in [3.8, 4) is 0 Å². The summed E-state index contributed by atoms with van der Waals surface area (Å²) in [4.78, 5) is 11.7. The molecule has 1 aromatic carbocycles. The normalized spacial score (nSPS) is 12.7. The Morgan fingerprint density at radius 2 is 2.10 bits per heavy atom. The van der Waals surface area contributed by atoms with E-state index in [0.29, 0.717) is 11.3 Å². The van der Waals surface area contributed by atoms with E-state index in [1.807, 2.05) is 24.3 Å². The summed E-state index contributed by atoms with van der Waals surface area (Å²) in [5, 5.41) is 15.2. The fourth-order valence-corrected chi connectivity index (χ4v) is 2.10. The maximum atomic E-state index is 11.7. The topological polar surface area (TPSA) is 68.3 Å². The fraction of sp³-hybridized carbons (Fsp3) is 0.200. The number of nitrogens with zero attached hydrogens (tertiary/aromatic N) is 2. The van der Waals surface area contributed by atoms with Gasteiger partial charge in [0, 0.05) is 11.5 Å². The Hall–Kier alpha value is -2.40. The van der Waals surface area contributed by atoms with Crippen LogP contribution in [0.4, 0.5) is 0 Å². The lowest BCUT2D eigenvalue weighted by molar-refractivity contribution is 0.126. The Bertz CT molecular complexity index is 771. The molecule has 3 aromatic rings. The van der Waals surface area contributed by atoms with Gasteiger partial charge < -0.3 is 9.52 Å². The molecule has 5 nitrogen and oxygen atoms in total. The van der Waals surface area contributed by atoms with E-state index in [1.54, 1.807) is 19.1 Å². The molecule has 0 aliphatic carbocycles. The molecule has 0 aliphatic rings. The van der Waals surface area contributed by atoms with Gasteiger partial charge in [-0.05, 0) is 25.1 Å². The molecule has 102 valence electrons. The van der Waals surface area contributed by atoms with Crippen molar-refractivity contribution < 1.29 is 9.52 Å². The molecule has 3 rings (SSSR count). The van der Waals surface area contributed by atoms with E-state index in [2.05, 4.69) is 5.10 Å². The van der Waals surface area contributed by atoms with Crippen molar-refractivity contribution in [2.75, 3.05) is 0 Å². The highest BCUT2D eigenvalue weighted by atomic mass is 16.4. The van der Waals surface area contributed by atoms with Crippen molar-refractivity contribution in [2.24, 2.45) is 0 Å². The number of aliphatic hydroxyl groups is 1. The van der Waals surface area contributed by atoms with E-state index < -0.39 is 6.10 Å². The highest BCUT2D eigenvalue weighted by molar-refractivity contribution is 5.77. The first-order valence-electron chi connectivity index (χ1n) is 6.35. The molecule has 0 radical (unpaired) electrons. The van der Waals surface area contributed by atoms with E-state index in [1.165, 1.54) is 10.7 Å². The molecule has 2 aromatic heterocycles. The number of aromatic nitrogens is 2. The average molecular weight is 270 g/mol. The number of furan rings is 1. The van der Waals surface area contributed by atoms with Crippen LogP contribution in [-0.2, 0) is 6.54 Å². The molecule has 1 atom stereocenters. The minimum Gasteiger partial charge on any atom is -0.458 e. The van der Waals surface area contributed by atoms with Crippen LogP contribution in [0.15, 0.2) is 51.7 Å². The standard InChI is InChI=1S/C15H14N2O3/c1-10-6-7-15(19)17(16-10)9-12(18)14-8-11-4-2-3-5-13(11)20-14/h2-8,12,18H,9H2,1H3. The summed E-state index contributed by atoms with van der Waals surface area (Å²) in [6.45, 7) is 1.86. The van der Waals surface area contributed by atoms with Gasteiger partial charge in [0.2, 0.25) is 0 Å². The third kappa shape index (κ3) is 2.35. The Morgan fingerprint density at radius 1 is 1.30 bits per heavy atom. The zero-order valence-corrected chi connectivity index (χ0v) is 11.0. The SMILES string of the molecule is Cc1ccc(=O)n(CC(O)c2cc3ccccc3o2)n1. The predicted octanol–water partition coefficient (Wildman–Crippen LogP) is 2.03. The molecular weight excluding hydrogens is 256 g/mol. The molecule has 0 aliphatic heterocycles. The zero-order chi connectivity index (χ0) is 14.1. The number of hydrogen-bond donors (Lipinski definition) is 1. The van der Waals surface area contributed by atoms with E-state index in [9.17, 15) is 9.90 Å². The van der Waals surface area contributed by atoms with Gasteiger partial charge in [-0.15, -0.1) is 0 Å². The van der Waals surface area contributed by atoms with Gasteiger partial charge in [0.1, 0.15) is 17.4 Å². The van der Waals surface area contributed by atoms with Gasteiger partial charge in [0.05, 0.1) is 12.2 Å². The van der Waals surface area contributed by atoms with E-state index >= 15 is 0 Å². The minimum absolute atomic E-state index is 0.0698. The second-order valence-electron chi connectivity index (χ2n) is 4.70. The molecule has 2 heterocycles. The Kier molecular flexibility index (Phi) is 3.12. The van der Waals surface area contributed by atoms with Crippen LogP contribution >= 0.6 is 0 Å². The number of aliphatic hydroxyl groups excluding tert-OH is 1. The largest absolute Gasteiger partial charge is 0.458 e. The van der Waals surface area contributed by atoms with Crippen LogP contribution in [0.5, 0.6) is 0 Å². The smallest absolute Gasteiger partial charge is 0.266 e. The molecule has 0 amide bonds. The van der Waals surface area contributed by atoms with E-state index in [-0.39, 0.29) is 12.1 Å². The molecule has 0 saturated heterocycles. The average Bonchev–Trinajstić information content (AvgIpc) is 2.87. The summed E-state index contributed by atoms with van der Waals surface area (Å²) >= 11 is 0. The van der Waals surface area contributed by atoms with Crippen LogP contribution in [0.2, 0.25) is 0 Å². The van der Waals surface area contributed by atoms with E-state index in [4.69, 9.17) is 4.42 Å². The number of para-hydroxylation sites is 1.